The predicted molar refractivity (Wildman–Crippen MR) is 79.4 cm³/mol. The molecule has 0 bridgehead atoms. The quantitative estimate of drug-likeness (QED) is 0.946. The Morgan fingerprint density at radius 3 is 2.71 bits per heavy atom. The first-order valence-electron chi connectivity index (χ1n) is 6.68. The zero-order chi connectivity index (χ0) is 15.0. The van der Waals surface area contributed by atoms with Crippen LogP contribution in [0.2, 0.25) is 0 Å². The summed E-state index contributed by atoms with van der Waals surface area (Å²) in [4.78, 5) is 17.4. The fourth-order valence-electron chi connectivity index (χ4n) is 2.58. The number of rotatable bonds is 3. The molecule has 1 aromatic carbocycles. The summed E-state index contributed by atoms with van der Waals surface area (Å²) in [5.74, 6) is -0.943. The van der Waals surface area contributed by atoms with Crippen molar-refractivity contribution in [3.63, 3.8) is 0 Å². The molecule has 0 aliphatic carbocycles. The average molecular weight is 306 g/mol. The predicted octanol–water partition coefficient (Wildman–Crippen LogP) is 3.22. The van der Waals surface area contributed by atoms with E-state index in [0.29, 0.717) is 13.0 Å². The van der Waals surface area contributed by atoms with E-state index in [1.807, 2.05) is 17.3 Å². The SMILES string of the molecule is CN1CC(F)CC1c1nc(-c2ccc(C(=O)O)cc2)cs1. The van der Waals surface area contributed by atoms with Gasteiger partial charge in [0.05, 0.1) is 17.3 Å². The number of nitrogens with zero attached hydrogens (tertiary/aromatic N) is 2. The third-order valence-corrected chi connectivity index (χ3v) is 4.68. The second-order valence-electron chi connectivity index (χ2n) is 5.24. The Balaban J connectivity index is 1.83. The molecule has 4 nitrogen and oxygen atoms in total. The van der Waals surface area contributed by atoms with Crippen molar-refractivity contribution < 1.29 is 14.3 Å². The van der Waals surface area contributed by atoms with Crippen LogP contribution in [0, 0.1) is 0 Å². The maximum absolute atomic E-state index is 13.4. The van der Waals surface area contributed by atoms with E-state index in [0.717, 1.165) is 16.3 Å². The Hall–Kier alpha value is -1.79. The molecule has 0 saturated carbocycles. The van der Waals surface area contributed by atoms with Gasteiger partial charge in [-0.2, -0.15) is 0 Å². The molecule has 6 heteroatoms. The molecule has 1 saturated heterocycles. The van der Waals surface area contributed by atoms with Gasteiger partial charge in [0.15, 0.2) is 0 Å². The molecule has 0 spiro atoms. The Labute approximate surface area is 125 Å². The zero-order valence-electron chi connectivity index (χ0n) is 11.5. The number of halogens is 1. The number of aromatic nitrogens is 1. The fraction of sp³-hybridized carbons (Fsp3) is 0.333. The summed E-state index contributed by atoms with van der Waals surface area (Å²) >= 11 is 1.52. The van der Waals surface area contributed by atoms with Gasteiger partial charge in [0.25, 0.3) is 0 Å². The molecule has 1 fully saturated rings. The second kappa shape index (κ2) is 5.54. The number of likely N-dealkylation sites (tertiary alicyclic amines) is 1. The van der Waals surface area contributed by atoms with E-state index in [1.165, 1.54) is 11.3 Å². The molecule has 2 unspecified atom stereocenters. The molecule has 1 aromatic heterocycles. The summed E-state index contributed by atoms with van der Waals surface area (Å²) < 4.78 is 13.4. The minimum absolute atomic E-state index is 0.0389. The number of carboxylic acid groups (broad SMARTS) is 1. The maximum atomic E-state index is 13.4. The lowest BCUT2D eigenvalue weighted by atomic mass is 10.1. The monoisotopic (exact) mass is 306 g/mol. The Kier molecular flexibility index (Phi) is 3.73. The van der Waals surface area contributed by atoms with Crippen molar-refractivity contribution >= 4 is 17.3 Å². The molecule has 1 N–H and O–H groups in total. The number of thiazole rings is 1. The van der Waals surface area contributed by atoms with E-state index in [4.69, 9.17) is 5.11 Å². The molecular formula is C15H15FN2O2S. The summed E-state index contributed by atoms with van der Waals surface area (Å²) in [6, 6.07) is 6.67. The van der Waals surface area contributed by atoms with Gasteiger partial charge in [-0.3, -0.25) is 4.90 Å². The first-order valence-corrected chi connectivity index (χ1v) is 7.56. The molecule has 2 aromatic rings. The van der Waals surface area contributed by atoms with Crippen molar-refractivity contribution in [3.05, 3.63) is 40.2 Å². The van der Waals surface area contributed by atoms with Gasteiger partial charge in [0.2, 0.25) is 0 Å². The first kappa shape index (κ1) is 14.2. The molecule has 1 aliphatic rings. The normalized spacial score (nSPS) is 22.6. The highest BCUT2D eigenvalue weighted by Gasteiger charge is 2.32. The van der Waals surface area contributed by atoms with Gasteiger partial charge >= 0.3 is 5.97 Å². The van der Waals surface area contributed by atoms with Crippen LogP contribution in [0.1, 0.15) is 27.8 Å². The summed E-state index contributed by atoms with van der Waals surface area (Å²) in [7, 11) is 1.91. The number of hydrogen-bond acceptors (Lipinski definition) is 4. The van der Waals surface area contributed by atoms with E-state index in [1.54, 1.807) is 24.3 Å². The highest BCUT2D eigenvalue weighted by molar-refractivity contribution is 7.10. The van der Waals surface area contributed by atoms with Gasteiger partial charge in [-0.15, -0.1) is 11.3 Å². The molecule has 0 amide bonds. The minimum atomic E-state index is -0.943. The fourth-order valence-corrected chi connectivity index (χ4v) is 3.59. The number of carboxylic acids is 1. The average Bonchev–Trinajstić information content (AvgIpc) is 3.05. The molecule has 2 atom stereocenters. The first-order chi connectivity index (χ1) is 10.0. The number of carbonyl (C=O) groups is 1. The number of benzene rings is 1. The third kappa shape index (κ3) is 2.82. The van der Waals surface area contributed by atoms with Crippen molar-refractivity contribution in [2.75, 3.05) is 13.6 Å². The molecule has 21 heavy (non-hydrogen) atoms. The van der Waals surface area contributed by atoms with Crippen molar-refractivity contribution in [1.29, 1.82) is 0 Å². The zero-order valence-corrected chi connectivity index (χ0v) is 12.3. The van der Waals surface area contributed by atoms with E-state index in [9.17, 15) is 9.18 Å². The van der Waals surface area contributed by atoms with Gasteiger partial charge in [0.1, 0.15) is 11.2 Å². The maximum Gasteiger partial charge on any atom is 0.335 e. The lowest BCUT2D eigenvalue weighted by Crippen LogP contribution is -2.18. The van der Waals surface area contributed by atoms with Crippen LogP contribution in [0.15, 0.2) is 29.6 Å². The van der Waals surface area contributed by atoms with Crippen LogP contribution in [0.3, 0.4) is 0 Å². The van der Waals surface area contributed by atoms with Crippen LogP contribution in [0.5, 0.6) is 0 Å². The van der Waals surface area contributed by atoms with E-state index in [2.05, 4.69) is 4.98 Å². The highest BCUT2D eigenvalue weighted by Crippen LogP contribution is 2.35. The molecule has 3 rings (SSSR count). The van der Waals surface area contributed by atoms with Crippen LogP contribution in [-0.4, -0.2) is 40.7 Å². The van der Waals surface area contributed by atoms with E-state index < -0.39 is 12.1 Å². The van der Waals surface area contributed by atoms with Crippen molar-refractivity contribution in [1.82, 2.24) is 9.88 Å². The highest BCUT2D eigenvalue weighted by atomic mass is 32.1. The molecule has 1 aliphatic heterocycles. The Morgan fingerprint density at radius 1 is 1.43 bits per heavy atom. The summed E-state index contributed by atoms with van der Waals surface area (Å²) in [5, 5.41) is 11.7. The standard InChI is InChI=1S/C15H15FN2O2S/c1-18-7-11(16)6-13(18)14-17-12(8-21-14)9-2-4-10(5-3-9)15(19)20/h2-5,8,11,13H,6-7H2,1H3,(H,19,20). The molecule has 110 valence electrons. The van der Waals surface area contributed by atoms with Gasteiger partial charge < -0.3 is 5.11 Å². The van der Waals surface area contributed by atoms with E-state index in [-0.39, 0.29) is 11.6 Å². The lowest BCUT2D eigenvalue weighted by molar-refractivity contribution is 0.0697. The van der Waals surface area contributed by atoms with Gasteiger partial charge in [-0.25, -0.2) is 14.2 Å². The Bertz CT molecular complexity index is 656. The van der Waals surface area contributed by atoms with Crippen LogP contribution < -0.4 is 0 Å². The van der Waals surface area contributed by atoms with Crippen LogP contribution in [-0.2, 0) is 0 Å². The smallest absolute Gasteiger partial charge is 0.335 e. The Morgan fingerprint density at radius 2 is 2.14 bits per heavy atom. The second-order valence-corrected chi connectivity index (χ2v) is 6.13. The summed E-state index contributed by atoms with van der Waals surface area (Å²) in [6.45, 7) is 0.451. The van der Waals surface area contributed by atoms with Crippen molar-refractivity contribution in [2.24, 2.45) is 0 Å². The molecule has 2 heterocycles. The largest absolute Gasteiger partial charge is 0.478 e. The summed E-state index contributed by atoms with van der Waals surface area (Å²) in [5.41, 5.74) is 1.94. The van der Waals surface area contributed by atoms with Crippen molar-refractivity contribution in [2.45, 2.75) is 18.6 Å². The number of hydrogen-bond donors (Lipinski definition) is 1. The number of aromatic carboxylic acids is 1. The van der Waals surface area contributed by atoms with E-state index >= 15 is 0 Å². The third-order valence-electron chi connectivity index (χ3n) is 3.73. The van der Waals surface area contributed by atoms with Gasteiger partial charge in [0, 0.05) is 23.9 Å². The van der Waals surface area contributed by atoms with Crippen LogP contribution in [0.4, 0.5) is 4.39 Å². The molecular weight excluding hydrogens is 291 g/mol. The number of alkyl halides is 1. The van der Waals surface area contributed by atoms with Crippen LogP contribution >= 0.6 is 11.3 Å². The summed E-state index contributed by atoms with van der Waals surface area (Å²) in [6.07, 6.45) is -0.302. The topological polar surface area (TPSA) is 53.4 Å². The lowest BCUT2D eigenvalue weighted by Gasteiger charge is -2.15. The van der Waals surface area contributed by atoms with Crippen molar-refractivity contribution in [3.8, 4) is 11.3 Å². The van der Waals surface area contributed by atoms with Crippen LogP contribution in [0.25, 0.3) is 11.3 Å². The minimum Gasteiger partial charge on any atom is -0.478 e. The van der Waals surface area contributed by atoms with Gasteiger partial charge in [-0.1, -0.05) is 12.1 Å². The molecule has 0 radical (unpaired) electrons. The van der Waals surface area contributed by atoms with Gasteiger partial charge in [-0.05, 0) is 19.2 Å².